The van der Waals surface area contributed by atoms with Crippen molar-refractivity contribution in [2.75, 3.05) is 15.5 Å². The number of amides is 3. The highest BCUT2D eigenvalue weighted by Crippen LogP contribution is 2.30. The molecule has 1 aliphatic heterocycles. The van der Waals surface area contributed by atoms with E-state index in [2.05, 4.69) is 15.6 Å². The quantitative estimate of drug-likeness (QED) is 0.226. The van der Waals surface area contributed by atoms with Gasteiger partial charge in [-0.05, 0) is 72.3 Å². The molecule has 0 saturated carbocycles. The van der Waals surface area contributed by atoms with Gasteiger partial charge >= 0.3 is 0 Å². The van der Waals surface area contributed by atoms with Gasteiger partial charge in [-0.1, -0.05) is 41.7 Å². The number of thiazole rings is 1. The Bertz CT molecular complexity index is 1760. The van der Waals surface area contributed by atoms with Gasteiger partial charge in [-0.2, -0.15) is 0 Å². The molecule has 11 heteroatoms. The third-order valence-electron chi connectivity index (χ3n) is 6.56. The summed E-state index contributed by atoms with van der Waals surface area (Å²) in [5.74, 6) is -2.37. The van der Waals surface area contributed by atoms with E-state index in [0.717, 1.165) is 16.3 Å². The predicted molar refractivity (Wildman–Crippen MR) is 155 cm³/mol. The molecule has 210 valence electrons. The molecule has 6 rings (SSSR count). The SMILES string of the molecule is O=C(Nc1nc2ccccc2s1)c1ccc(N(Cc2ccc(F)cc2)C(=O)[C@H]2O[C@@H]2C(=O)Nc2cccc(F)c2)cc1. The first kappa shape index (κ1) is 27.2. The number of nitrogens with zero attached hydrogens (tertiary/aromatic N) is 2. The summed E-state index contributed by atoms with van der Waals surface area (Å²) < 4.78 is 33.4. The minimum atomic E-state index is -1.07. The average molecular weight is 585 g/mol. The Balaban J connectivity index is 1.18. The van der Waals surface area contributed by atoms with Crippen LogP contribution in [0, 0.1) is 11.6 Å². The van der Waals surface area contributed by atoms with Crippen LogP contribution in [0.2, 0.25) is 0 Å². The summed E-state index contributed by atoms with van der Waals surface area (Å²) >= 11 is 1.36. The Kier molecular flexibility index (Phi) is 7.43. The minimum Gasteiger partial charge on any atom is -0.349 e. The number of hydrogen-bond donors (Lipinski definition) is 2. The van der Waals surface area contributed by atoms with E-state index in [-0.39, 0.29) is 18.1 Å². The van der Waals surface area contributed by atoms with Crippen LogP contribution in [0.25, 0.3) is 10.2 Å². The van der Waals surface area contributed by atoms with E-state index in [0.29, 0.717) is 21.9 Å². The van der Waals surface area contributed by atoms with Crippen molar-refractivity contribution in [2.24, 2.45) is 0 Å². The number of carbonyl (C=O) groups excluding carboxylic acids is 3. The van der Waals surface area contributed by atoms with Crippen LogP contribution >= 0.6 is 11.3 Å². The van der Waals surface area contributed by atoms with Gasteiger partial charge in [0.05, 0.1) is 16.8 Å². The van der Waals surface area contributed by atoms with E-state index in [9.17, 15) is 23.2 Å². The van der Waals surface area contributed by atoms with Gasteiger partial charge in [0.2, 0.25) is 0 Å². The number of anilines is 3. The zero-order valence-corrected chi connectivity index (χ0v) is 22.6. The van der Waals surface area contributed by atoms with E-state index in [1.165, 1.54) is 46.6 Å². The van der Waals surface area contributed by atoms with Crippen molar-refractivity contribution >= 4 is 55.8 Å². The average Bonchev–Trinajstić information content (AvgIpc) is 3.69. The number of halogens is 2. The van der Waals surface area contributed by atoms with Crippen LogP contribution in [0.1, 0.15) is 15.9 Å². The number of carbonyl (C=O) groups is 3. The third kappa shape index (κ3) is 6.02. The molecule has 2 N–H and O–H groups in total. The van der Waals surface area contributed by atoms with E-state index in [4.69, 9.17) is 4.74 Å². The molecule has 0 spiro atoms. The number of epoxide rings is 1. The molecule has 2 heterocycles. The molecule has 0 unspecified atom stereocenters. The lowest BCUT2D eigenvalue weighted by molar-refractivity contribution is -0.120. The molecule has 3 amide bonds. The Morgan fingerprint density at radius 3 is 2.33 bits per heavy atom. The molecule has 5 aromatic rings. The van der Waals surface area contributed by atoms with Crippen LogP contribution in [0.3, 0.4) is 0 Å². The second kappa shape index (κ2) is 11.5. The zero-order chi connectivity index (χ0) is 29.2. The molecule has 2 atom stereocenters. The normalized spacial score (nSPS) is 15.7. The molecular weight excluding hydrogens is 562 g/mol. The lowest BCUT2D eigenvalue weighted by atomic mass is 10.1. The van der Waals surface area contributed by atoms with E-state index in [1.807, 2.05) is 24.3 Å². The number of rotatable bonds is 8. The first-order valence-corrected chi connectivity index (χ1v) is 13.7. The number of ether oxygens (including phenoxy) is 1. The summed E-state index contributed by atoms with van der Waals surface area (Å²) in [6.45, 7) is 0.0639. The fraction of sp³-hybridized carbons (Fsp3) is 0.0968. The Morgan fingerprint density at radius 2 is 1.60 bits per heavy atom. The first-order chi connectivity index (χ1) is 20.3. The maximum absolute atomic E-state index is 13.5. The molecule has 4 aromatic carbocycles. The van der Waals surface area contributed by atoms with Gasteiger partial charge in [-0.3, -0.25) is 19.7 Å². The Labute approximate surface area is 242 Å². The fourth-order valence-electron chi connectivity index (χ4n) is 4.39. The van der Waals surface area contributed by atoms with Gasteiger partial charge in [-0.15, -0.1) is 0 Å². The minimum absolute atomic E-state index is 0.0639. The Hall–Kier alpha value is -5.00. The van der Waals surface area contributed by atoms with Gasteiger partial charge in [0, 0.05) is 16.9 Å². The van der Waals surface area contributed by atoms with Gasteiger partial charge in [0.15, 0.2) is 17.3 Å². The molecule has 0 bridgehead atoms. The summed E-state index contributed by atoms with van der Waals surface area (Å²) in [4.78, 5) is 44.9. The second-order valence-electron chi connectivity index (χ2n) is 9.52. The highest BCUT2D eigenvalue weighted by molar-refractivity contribution is 7.22. The molecule has 8 nitrogen and oxygen atoms in total. The molecule has 1 fully saturated rings. The molecule has 0 aliphatic carbocycles. The summed E-state index contributed by atoms with van der Waals surface area (Å²) in [5.41, 5.74) is 2.46. The smallest absolute Gasteiger partial charge is 0.259 e. The van der Waals surface area contributed by atoms with Crippen molar-refractivity contribution in [2.45, 2.75) is 18.8 Å². The summed E-state index contributed by atoms with van der Waals surface area (Å²) in [6, 6.07) is 25.0. The van der Waals surface area contributed by atoms with Crippen molar-refractivity contribution in [3.63, 3.8) is 0 Å². The molecular formula is C31H22F2N4O4S. The van der Waals surface area contributed by atoms with E-state index < -0.39 is 35.7 Å². The molecule has 1 aliphatic rings. The topological polar surface area (TPSA) is 104 Å². The van der Waals surface area contributed by atoms with Crippen molar-refractivity contribution in [3.8, 4) is 0 Å². The number of aromatic nitrogens is 1. The van der Waals surface area contributed by atoms with Crippen molar-refractivity contribution < 1.29 is 27.9 Å². The van der Waals surface area contributed by atoms with Crippen LogP contribution in [0.5, 0.6) is 0 Å². The monoisotopic (exact) mass is 584 g/mol. The van der Waals surface area contributed by atoms with E-state index in [1.54, 1.807) is 36.4 Å². The largest absolute Gasteiger partial charge is 0.349 e. The van der Waals surface area contributed by atoms with Crippen molar-refractivity contribution in [1.82, 2.24) is 4.98 Å². The van der Waals surface area contributed by atoms with Crippen LogP contribution in [0.15, 0.2) is 97.1 Å². The molecule has 1 aromatic heterocycles. The van der Waals surface area contributed by atoms with Crippen molar-refractivity contribution in [1.29, 1.82) is 0 Å². The van der Waals surface area contributed by atoms with Gasteiger partial charge < -0.3 is 15.0 Å². The van der Waals surface area contributed by atoms with Crippen LogP contribution in [0.4, 0.5) is 25.3 Å². The lowest BCUT2D eigenvalue weighted by Crippen LogP contribution is -2.36. The molecule has 1 saturated heterocycles. The van der Waals surface area contributed by atoms with E-state index >= 15 is 0 Å². The summed E-state index contributed by atoms with van der Waals surface area (Å²) in [5, 5.41) is 5.81. The van der Waals surface area contributed by atoms with Crippen molar-refractivity contribution in [3.05, 3.63) is 120 Å². The summed E-state index contributed by atoms with van der Waals surface area (Å²) in [6.07, 6.45) is -2.13. The van der Waals surface area contributed by atoms with Gasteiger partial charge in [0.1, 0.15) is 11.6 Å². The lowest BCUT2D eigenvalue weighted by Gasteiger charge is -2.23. The zero-order valence-electron chi connectivity index (χ0n) is 21.8. The number of nitrogens with one attached hydrogen (secondary N) is 2. The first-order valence-electron chi connectivity index (χ1n) is 12.9. The highest BCUT2D eigenvalue weighted by Gasteiger charge is 2.52. The highest BCUT2D eigenvalue weighted by atomic mass is 32.1. The van der Waals surface area contributed by atoms with Crippen LogP contribution < -0.4 is 15.5 Å². The predicted octanol–water partition coefficient (Wildman–Crippen LogP) is 5.77. The number of fused-ring (bicyclic) bond motifs is 1. The Morgan fingerprint density at radius 1 is 0.833 bits per heavy atom. The second-order valence-corrected chi connectivity index (χ2v) is 10.5. The third-order valence-corrected chi connectivity index (χ3v) is 7.51. The van der Waals surface area contributed by atoms with Gasteiger partial charge in [0.25, 0.3) is 17.7 Å². The van der Waals surface area contributed by atoms with Crippen LogP contribution in [-0.4, -0.2) is 34.9 Å². The fourth-order valence-corrected chi connectivity index (χ4v) is 5.25. The number of para-hydroxylation sites is 1. The van der Waals surface area contributed by atoms with Gasteiger partial charge in [-0.25, -0.2) is 13.8 Å². The summed E-state index contributed by atoms with van der Waals surface area (Å²) in [7, 11) is 0. The molecule has 42 heavy (non-hydrogen) atoms. The number of benzene rings is 4. The molecule has 0 radical (unpaired) electrons. The van der Waals surface area contributed by atoms with Crippen LogP contribution in [-0.2, 0) is 20.9 Å². The maximum Gasteiger partial charge on any atom is 0.259 e. The standard InChI is InChI=1S/C31H22F2N4O4S/c32-20-12-8-18(9-13-20)17-37(30(40)27-26(41-27)29(39)34-22-5-3-4-21(33)16-22)23-14-10-19(11-15-23)28(38)36-31-35-24-6-1-2-7-25(24)42-31/h1-16,26-27H,17H2,(H,34,39)(H,35,36,38)/t26-,27-/m0/s1. The number of hydrogen-bond acceptors (Lipinski definition) is 6. The maximum atomic E-state index is 13.5.